The van der Waals surface area contributed by atoms with Gasteiger partial charge in [-0.15, -0.1) is 23.7 Å². The number of amides is 1. The highest BCUT2D eigenvalue weighted by atomic mass is 35.5. The number of nitrogens with one attached hydrogen (secondary N) is 1. The predicted octanol–water partition coefficient (Wildman–Crippen LogP) is 3.14. The number of halogens is 2. The molecule has 0 saturated carbocycles. The van der Waals surface area contributed by atoms with E-state index in [0.717, 1.165) is 37.4 Å². The number of hydrogen-bond donors (Lipinski definition) is 2. The highest BCUT2D eigenvalue weighted by Crippen LogP contribution is 2.23. The Bertz CT molecular complexity index is 671. The largest absolute Gasteiger partial charge is 0.375 e. The molecule has 0 unspecified atom stereocenters. The number of hydrogen-bond acceptors (Lipinski definition) is 5. The van der Waals surface area contributed by atoms with Crippen molar-refractivity contribution in [3.8, 4) is 0 Å². The summed E-state index contributed by atoms with van der Waals surface area (Å²) < 4.78 is 12.9. The average Bonchev–Trinajstić information content (AvgIpc) is 2.95. The fraction of sp³-hybridized carbons (Fsp3) is 0.375. The first-order chi connectivity index (χ1) is 11.1. The molecule has 1 aromatic heterocycles. The fourth-order valence-electron chi connectivity index (χ4n) is 2.75. The third kappa shape index (κ3) is 4.90. The van der Waals surface area contributed by atoms with Crippen LogP contribution in [0.2, 0.25) is 0 Å². The number of nitrogen functional groups attached to an aromatic ring is 1. The van der Waals surface area contributed by atoms with Gasteiger partial charge in [-0.05, 0) is 50.2 Å². The van der Waals surface area contributed by atoms with Crippen LogP contribution in [-0.2, 0) is 11.3 Å². The number of likely N-dealkylation sites (tertiary alicyclic amines) is 1. The molecule has 1 amide bonds. The second-order valence-corrected chi connectivity index (χ2v) is 6.86. The molecule has 24 heavy (non-hydrogen) atoms. The summed E-state index contributed by atoms with van der Waals surface area (Å²) in [5.41, 5.74) is 6.28. The Balaban J connectivity index is 0.00000208. The second kappa shape index (κ2) is 8.41. The van der Waals surface area contributed by atoms with E-state index in [0.29, 0.717) is 10.8 Å². The van der Waals surface area contributed by atoms with Crippen LogP contribution in [0.15, 0.2) is 30.5 Å². The first-order valence-electron chi connectivity index (χ1n) is 7.59. The summed E-state index contributed by atoms with van der Waals surface area (Å²) >= 11 is 1.51. The van der Waals surface area contributed by atoms with Gasteiger partial charge in [0.15, 0.2) is 5.13 Å². The summed E-state index contributed by atoms with van der Waals surface area (Å²) in [6.45, 7) is 2.58. The number of aromatic nitrogens is 1. The van der Waals surface area contributed by atoms with Gasteiger partial charge in [-0.1, -0.05) is 0 Å². The van der Waals surface area contributed by atoms with E-state index in [1.165, 1.54) is 23.5 Å². The number of nitrogens with two attached hydrogens (primary N) is 1. The van der Waals surface area contributed by atoms with Crippen LogP contribution < -0.4 is 11.1 Å². The third-order valence-electron chi connectivity index (χ3n) is 4.02. The van der Waals surface area contributed by atoms with E-state index in [9.17, 15) is 9.18 Å². The van der Waals surface area contributed by atoms with E-state index >= 15 is 0 Å². The van der Waals surface area contributed by atoms with Crippen LogP contribution >= 0.6 is 23.7 Å². The molecule has 8 heteroatoms. The summed E-state index contributed by atoms with van der Waals surface area (Å²) in [7, 11) is 0. The van der Waals surface area contributed by atoms with Gasteiger partial charge in [0.2, 0.25) is 5.91 Å². The van der Waals surface area contributed by atoms with E-state index < -0.39 is 0 Å². The van der Waals surface area contributed by atoms with E-state index in [4.69, 9.17) is 5.73 Å². The van der Waals surface area contributed by atoms with Gasteiger partial charge in [-0.3, -0.25) is 9.69 Å². The van der Waals surface area contributed by atoms with Gasteiger partial charge in [0.25, 0.3) is 0 Å². The smallest absolute Gasteiger partial charge is 0.227 e. The van der Waals surface area contributed by atoms with Crippen molar-refractivity contribution in [3.05, 3.63) is 41.2 Å². The van der Waals surface area contributed by atoms with Crippen molar-refractivity contribution in [1.29, 1.82) is 0 Å². The molecule has 1 aliphatic heterocycles. The zero-order valence-electron chi connectivity index (χ0n) is 13.1. The van der Waals surface area contributed by atoms with Gasteiger partial charge in [0.05, 0.1) is 0 Å². The first-order valence-corrected chi connectivity index (χ1v) is 8.41. The highest BCUT2D eigenvalue weighted by Gasteiger charge is 2.25. The molecule has 2 heterocycles. The lowest BCUT2D eigenvalue weighted by molar-refractivity contribution is -0.121. The Morgan fingerprint density at radius 1 is 1.33 bits per heavy atom. The molecule has 1 aliphatic rings. The summed E-state index contributed by atoms with van der Waals surface area (Å²) in [5, 5.41) is 3.45. The third-order valence-corrected chi connectivity index (χ3v) is 4.83. The van der Waals surface area contributed by atoms with Crippen molar-refractivity contribution in [1.82, 2.24) is 9.88 Å². The molecule has 3 N–H and O–H groups in total. The summed E-state index contributed by atoms with van der Waals surface area (Å²) in [5.74, 6) is -0.291. The number of carbonyl (C=O) groups excluding carboxylic acids is 1. The van der Waals surface area contributed by atoms with Crippen LogP contribution in [0.1, 0.15) is 17.7 Å². The number of anilines is 2. The molecule has 130 valence electrons. The maximum absolute atomic E-state index is 12.9. The monoisotopic (exact) mass is 370 g/mol. The van der Waals surface area contributed by atoms with Crippen LogP contribution in [0.4, 0.5) is 15.2 Å². The molecule has 0 atom stereocenters. The first kappa shape index (κ1) is 18.6. The minimum atomic E-state index is -0.306. The summed E-state index contributed by atoms with van der Waals surface area (Å²) in [6, 6.07) is 5.85. The van der Waals surface area contributed by atoms with Gasteiger partial charge in [-0.25, -0.2) is 9.37 Å². The van der Waals surface area contributed by atoms with Crippen LogP contribution in [0.5, 0.6) is 0 Å². The SMILES string of the molecule is Cl.Nc1ncc(CN2CCC(C(=O)Nc3ccc(F)cc3)CC2)s1. The number of thiazole rings is 1. The van der Waals surface area contributed by atoms with Crippen LogP contribution in [-0.4, -0.2) is 28.9 Å². The van der Waals surface area contributed by atoms with Crippen molar-refractivity contribution < 1.29 is 9.18 Å². The van der Waals surface area contributed by atoms with Gasteiger partial charge >= 0.3 is 0 Å². The highest BCUT2D eigenvalue weighted by molar-refractivity contribution is 7.15. The second-order valence-electron chi connectivity index (χ2n) is 5.71. The molecular weight excluding hydrogens is 351 g/mol. The molecule has 2 aromatic rings. The summed E-state index contributed by atoms with van der Waals surface area (Å²) in [4.78, 5) is 19.8. The minimum Gasteiger partial charge on any atom is -0.375 e. The molecule has 0 spiro atoms. The number of piperidine rings is 1. The van der Waals surface area contributed by atoms with Crippen LogP contribution in [0, 0.1) is 11.7 Å². The van der Waals surface area contributed by atoms with Crippen molar-refractivity contribution >= 4 is 40.5 Å². The Labute approximate surface area is 150 Å². The molecule has 1 saturated heterocycles. The van der Waals surface area contributed by atoms with Gasteiger partial charge in [0, 0.05) is 29.2 Å². The molecule has 1 aromatic carbocycles. The van der Waals surface area contributed by atoms with Crippen molar-refractivity contribution in [3.63, 3.8) is 0 Å². The standard InChI is InChI=1S/C16H19FN4OS.ClH/c17-12-1-3-13(4-2-12)20-15(22)11-5-7-21(8-6-11)10-14-9-19-16(18)23-14;/h1-4,9,11H,5-8,10H2,(H2,18,19)(H,20,22);1H. The molecule has 3 rings (SSSR count). The Morgan fingerprint density at radius 2 is 2.00 bits per heavy atom. The normalized spacial score (nSPS) is 15.7. The topological polar surface area (TPSA) is 71.2 Å². The number of nitrogens with zero attached hydrogens (tertiary/aromatic N) is 2. The molecule has 0 radical (unpaired) electrons. The predicted molar refractivity (Wildman–Crippen MR) is 96.8 cm³/mol. The maximum Gasteiger partial charge on any atom is 0.227 e. The number of benzene rings is 1. The fourth-order valence-corrected chi connectivity index (χ4v) is 3.47. The van der Waals surface area contributed by atoms with Crippen LogP contribution in [0.3, 0.4) is 0 Å². The van der Waals surface area contributed by atoms with Gasteiger partial charge in [0.1, 0.15) is 5.82 Å². The number of carbonyl (C=O) groups is 1. The van der Waals surface area contributed by atoms with E-state index in [-0.39, 0.29) is 30.0 Å². The van der Waals surface area contributed by atoms with E-state index in [1.54, 1.807) is 12.1 Å². The quantitative estimate of drug-likeness (QED) is 0.867. The van der Waals surface area contributed by atoms with Gasteiger partial charge in [-0.2, -0.15) is 0 Å². The lowest BCUT2D eigenvalue weighted by atomic mass is 9.96. The minimum absolute atomic E-state index is 0. The Kier molecular flexibility index (Phi) is 6.53. The lowest BCUT2D eigenvalue weighted by Gasteiger charge is -2.30. The van der Waals surface area contributed by atoms with Crippen molar-refractivity contribution in [2.45, 2.75) is 19.4 Å². The van der Waals surface area contributed by atoms with Crippen molar-refractivity contribution in [2.75, 3.05) is 24.1 Å². The molecule has 5 nitrogen and oxygen atoms in total. The zero-order valence-corrected chi connectivity index (χ0v) is 14.7. The lowest BCUT2D eigenvalue weighted by Crippen LogP contribution is -2.37. The zero-order chi connectivity index (χ0) is 16.2. The molecule has 1 fully saturated rings. The molecule has 0 bridgehead atoms. The van der Waals surface area contributed by atoms with Crippen LogP contribution in [0.25, 0.3) is 0 Å². The molecule has 0 aliphatic carbocycles. The van der Waals surface area contributed by atoms with Gasteiger partial charge < -0.3 is 11.1 Å². The Hall–Kier alpha value is -1.70. The average molecular weight is 371 g/mol. The van der Waals surface area contributed by atoms with E-state index in [1.807, 2.05) is 6.20 Å². The Morgan fingerprint density at radius 3 is 2.58 bits per heavy atom. The summed E-state index contributed by atoms with van der Waals surface area (Å²) in [6.07, 6.45) is 3.45. The number of rotatable bonds is 4. The maximum atomic E-state index is 12.9. The van der Waals surface area contributed by atoms with E-state index in [2.05, 4.69) is 15.2 Å². The van der Waals surface area contributed by atoms with Crippen molar-refractivity contribution in [2.24, 2.45) is 5.92 Å². The molecular formula is C16H20ClFN4OS.